The van der Waals surface area contributed by atoms with Crippen molar-refractivity contribution in [2.24, 2.45) is 0 Å². The topological polar surface area (TPSA) is 46.5 Å². The van der Waals surface area contributed by atoms with E-state index in [1.165, 1.54) is 12.5 Å². The van der Waals surface area contributed by atoms with Gasteiger partial charge >= 0.3 is 5.97 Å². The Hall–Kier alpha value is -1.09. The van der Waals surface area contributed by atoms with Crippen LogP contribution >= 0.6 is 0 Å². The Balaban J connectivity index is 2.08. The van der Waals surface area contributed by atoms with Crippen LogP contribution in [0.2, 0.25) is 0 Å². The molecule has 2 aliphatic rings. The molecule has 0 aromatic carbocycles. The van der Waals surface area contributed by atoms with E-state index in [4.69, 9.17) is 4.74 Å². The van der Waals surface area contributed by atoms with E-state index in [9.17, 15) is 9.90 Å². The first-order valence-electron chi connectivity index (χ1n) is 5.03. The van der Waals surface area contributed by atoms with E-state index >= 15 is 0 Å². The van der Waals surface area contributed by atoms with Crippen LogP contribution in [0.15, 0.2) is 24.0 Å². The van der Waals surface area contributed by atoms with Crippen molar-refractivity contribution in [2.75, 3.05) is 0 Å². The van der Waals surface area contributed by atoms with Crippen LogP contribution < -0.4 is 0 Å². The number of carbonyl (C=O) groups is 1. The van der Waals surface area contributed by atoms with Gasteiger partial charge in [-0.1, -0.05) is 19.3 Å². The smallest absolute Gasteiger partial charge is 0.336 e. The maximum Gasteiger partial charge on any atom is 0.336 e. The summed E-state index contributed by atoms with van der Waals surface area (Å²) in [6.07, 6.45) is 9.45. The van der Waals surface area contributed by atoms with Crippen molar-refractivity contribution in [3.8, 4) is 0 Å². The average molecular weight is 194 g/mol. The van der Waals surface area contributed by atoms with Crippen molar-refractivity contribution >= 4 is 5.97 Å². The zero-order valence-electron chi connectivity index (χ0n) is 8.03. The van der Waals surface area contributed by atoms with Crippen LogP contribution in [0.25, 0.3) is 0 Å². The number of esters is 1. The highest BCUT2D eigenvalue weighted by molar-refractivity contribution is 5.86. The largest absolute Gasteiger partial charge is 0.424 e. The number of hydrogen-bond acceptors (Lipinski definition) is 3. The molecule has 0 aromatic rings. The third-order valence-electron chi connectivity index (χ3n) is 2.73. The molecule has 1 N–H and O–H groups in total. The van der Waals surface area contributed by atoms with E-state index in [1.807, 2.05) is 0 Å². The van der Waals surface area contributed by atoms with Crippen LogP contribution in [0.4, 0.5) is 0 Å². The predicted octanol–water partition coefficient (Wildman–Crippen LogP) is 1.68. The molecule has 0 bridgehead atoms. The zero-order chi connectivity index (χ0) is 10.0. The molecule has 1 aliphatic heterocycles. The molecule has 76 valence electrons. The van der Waals surface area contributed by atoms with Crippen LogP contribution in [0.1, 0.15) is 32.1 Å². The zero-order valence-corrected chi connectivity index (χ0v) is 8.03. The molecule has 3 nitrogen and oxygen atoms in total. The fraction of sp³-hybridized carbons (Fsp3) is 0.545. The lowest BCUT2D eigenvalue weighted by molar-refractivity contribution is -0.132. The molecule has 1 aliphatic carbocycles. The maximum atomic E-state index is 10.8. The SMILES string of the molecule is O=C1C=C/C(=C\C2(O)CCCCC2)O1. The van der Waals surface area contributed by atoms with E-state index < -0.39 is 5.60 Å². The first-order valence-corrected chi connectivity index (χ1v) is 5.03. The fourth-order valence-corrected chi connectivity index (χ4v) is 1.99. The van der Waals surface area contributed by atoms with Gasteiger partial charge < -0.3 is 9.84 Å². The van der Waals surface area contributed by atoms with Gasteiger partial charge in [0.05, 0.1) is 5.60 Å². The van der Waals surface area contributed by atoms with Gasteiger partial charge in [0.25, 0.3) is 0 Å². The second-order valence-electron chi connectivity index (χ2n) is 3.97. The molecule has 0 aromatic heterocycles. The molecule has 0 amide bonds. The number of hydrogen-bond donors (Lipinski definition) is 1. The summed E-state index contributed by atoms with van der Waals surface area (Å²) in [4.78, 5) is 10.8. The quantitative estimate of drug-likeness (QED) is 0.646. The summed E-state index contributed by atoms with van der Waals surface area (Å²) < 4.78 is 4.88. The van der Waals surface area contributed by atoms with Gasteiger partial charge in [0.2, 0.25) is 0 Å². The second-order valence-corrected chi connectivity index (χ2v) is 3.97. The number of rotatable bonds is 1. The summed E-state index contributed by atoms with van der Waals surface area (Å²) in [5.74, 6) is 0.134. The van der Waals surface area contributed by atoms with Crippen molar-refractivity contribution in [3.05, 3.63) is 24.0 Å². The number of aliphatic hydroxyl groups is 1. The molecule has 1 saturated carbocycles. The molecule has 0 atom stereocenters. The number of allylic oxidation sites excluding steroid dienone is 1. The van der Waals surface area contributed by atoms with Crippen molar-refractivity contribution in [1.82, 2.24) is 0 Å². The lowest BCUT2D eigenvalue weighted by Gasteiger charge is -2.28. The first kappa shape index (κ1) is 9.46. The minimum Gasteiger partial charge on any atom is -0.424 e. The molecule has 14 heavy (non-hydrogen) atoms. The number of ether oxygens (including phenoxy) is 1. The van der Waals surface area contributed by atoms with Gasteiger partial charge in [0.1, 0.15) is 5.76 Å². The summed E-state index contributed by atoms with van der Waals surface area (Å²) in [5, 5.41) is 10.1. The van der Waals surface area contributed by atoms with Gasteiger partial charge in [-0.25, -0.2) is 4.79 Å². The van der Waals surface area contributed by atoms with Gasteiger partial charge in [-0.2, -0.15) is 0 Å². The highest BCUT2D eigenvalue weighted by Gasteiger charge is 2.28. The number of cyclic esters (lactones) is 1. The maximum absolute atomic E-state index is 10.8. The standard InChI is InChI=1S/C11H14O3/c12-10-5-4-9(14-10)8-11(13)6-2-1-3-7-11/h4-5,8,13H,1-3,6-7H2/b9-8+. The fourth-order valence-electron chi connectivity index (χ4n) is 1.99. The Bertz CT molecular complexity index is 296. The van der Waals surface area contributed by atoms with Crippen LogP contribution in [0, 0.1) is 0 Å². The molecule has 0 unspecified atom stereocenters. The second kappa shape index (κ2) is 3.58. The van der Waals surface area contributed by atoms with Crippen LogP contribution in [0.5, 0.6) is 0 Å². The first-order chi connectivity index (χ1) is 6.68. The van der Waals surface area contributed by atoms with Gasteiger partial charge in [0, 0.05) is 6.08 Å². The van der Waals surface area contributed by atoms with E-state index in [0.29, 0.717) is 5.76 Å². The summed E-state index contributed by atoms with van der Waals surface area (Å²) in [6, 6.07) is 0. The Kier molecular flexibility index (Phi) is 2.42. The third kappa shape index (κ3) is 2.04. The summed E-state index contributed by atoms with van der Waals surface area (Å²) in [6.45, 7) is 0. The molecule has 3 heteroatoms. The average Bonchev–Trinajstić information content (AvgIpc) is 2.51. The molecule has 1 fully saturated rings. The Morgan fingerprint density at radius 3 is 2.57 bits per heavy atom. The van der Waals surface area contributed by atoms with E-state index in [0.717, 1.165) is 25.7 Å². The van der Waals surface area contributed by atoms with Crippen molar-refractivity contribution in [1.29, 1.82) is 0 Å². The predicted molar refractivity (Wildman–Crippen MR) is 51.3 cm³/mol. The van der Waals surface area contributed by atoms with Gasteiger partial charge in [-0.05, 0) is 25.0 Å². The summed E-state index contributed by atoms with van der Waals surface area (Å²) >= 11 is 0. The Labute approximate surface area is 83.1 Å². The van der Waals surface area contributed by atoms with Gasteiger partial charge in [-0.3, -0.25) is 0 Å². The third-order valence-corrected chi connectivity index (χ3v) is 2.73. The minimum atomic E-state index is -0.761. The molecular weight excluding hydrogens is 180 g/mol. The highest BCUT2D eigenvalue weighted by Crippen LogP contribution is 2.31. The molecular formula is C11H14O3. The molecule has 0 radical (unpaired) electrons. The lowest BCUT2D eigenvalue weighted by atomic mass is 9.84. The van der Waals surface area contributed by atoms with Gasteiger partial charge in [0.15, 0.2) is 0 Å². The lowest BCUT2D eigenvalue weighted by Crippen LogP contribution is -2.29. The molecule has 0 saturated heterocycles. The summed E-state index contributed by atoms with van der Waals surface area (Å²) in [7, 11) is 0. The van der Waals surface area contributed by atoms with Crippen LogP contribution in [0.3, 0.4) is 0 Å². The number of carbonyl (C=O) groups excluding carboxylic acids is 1. The minimum absolute atomic E-state index is 0.351. The monoisotopic (exact) mass is 194 g/mol. The van der Waals surface area contributed by atoms with Crippen LogP contribution in [-0.4, -0.2) is 16.7 Å². The Morgan fingerprint density at radius 2 is 2.00 bits per heavy atom. The normalized spacial score (nSPS) is 28.1. The molecule has 2 rings (SSSR count). The summed E-state index contributed by atoms with van der Waals surface area (Å²) in [5.41, 5.74) is -0.761. The van der Waals surface area contributed by atoms with E-state index in [-0.39, 0.29) is 5.97 Å². The molecule has 1 heterocycles. The van der Waals surface area contributed by atoms with Crippen LogP contribution in [-0.2, 0) is 9.53 Å². The van der Waals surface area contributed by atoms with Crippen molar-refractivity contribution < 1.29 is 14.6 Å². The highest BCUT2D eigenvalue weighted by atomic mass is 16.5. The van der Waals surface area contributed by atoms with E-state index in [2.05, 4.69) is 0 Å². The van der Waals surface area contributed by atoms with E-state index in [1.54, 1.807) is 12.2 Å². The molecule has 0 spiro atoms. The van der Waals surface area contributed by atoms with Gasteiger partial charge in [-0.15, -0.1) is 0 Å². The van der Waals surface area contributed by atoms with Crippen molar-refractivity contribution in [3.63, 3.8) is 0 Å². The van der Waals surface area contributed by atoms with Crippen molar-refractivity contribution in [2.45, 2.75) is 37.7 Å². The Morgan fingerprint density at radius 1 is 1.29 bits per heavy atom.